The van der Waals surface area contributed by atoms with E-state index < -0.39 is 5.97 Å². The van der Waals surface area contributed by atoms with Gasteiger partial charge in [0.1, 0.15) is 0 Å². The lowest BCUT2D eigenvalue weighted by atomic mass is 10.1. The summed E-state index contributed by atoms with van der Waals surface area (Å²) in [5, 5.41) is 13.9. The van der Waals surface area contributed by atoms with E-state index in [1.807, 2.05) is 48.5 Å². The number of aromatic amines is 1. The molecule has 0 fully saturated rings. The van der Waals surface area contributed by atoms with Crippen LogP contribution in [0.15, 0.2) is 72.8 Å². The van der Waals surface area contributed by atoms with Crippen LogP contribution in [0.2, 0.25) is 5.02 Å². The molecular formula is C21H15ClN3O2+. The summed E-state index contributed by atoms with van der Waals surface area (Å²) in [6.45, 7) is 0. The number of anilines is 2. The Balaban J connectivity index is 1.81. The molecule has 1 heterocycles. The molecule has 0 aliphatic rings. The summed E-state index contributed by atoms with van der Waals surface area (Å²) in [5.41, 5.74) is 2.61. The van der Waals surface area contributed by atoms with Gasteiger partial charge in [0.15, 0.2) is 5.52 Å². The molecule has 0 bridgehead atoms. The second-order valence-electron chi connectivity index (χ2n) is 5.96. The monoisotopic (exact) mass is 376 g/mol. The van der Waals surface area contributed by atoms with Crippen molar-refractivity contribution < 1.29 is 14.9 Å². The van der Waals surface area contributed by atoms with E-state index in [9.17, 15) is 4.79 Å². The van der Waals surface area contributed by atoms with Crippen LogP contribution in [-0.2, 0) is 0 Å². The van der Waals surface area contributed by atoms with Crippen molar-refractivity contribution in [1.82, 2.24) is 4.98 Å². The minimum atomic E-state index is -0.955. The van der Waals surface area contributed by atoms with E-state index in [0.29, 0.717) is 10.8 Å². The number of carboxylic acid groups (broad SMARTS) is 1. The smallest absolute Gasteiger partial charge is 0.335 e. The van der Waals surface area contributed by atoms with Crippen LogP contribution in [0.3, 0.4) is 0 Å². The van der Waals surface area contributed by atoms with Crippen molar-refractivity contribution in [2.45, 2.75) is 0 Å². The molecule has 0 unspecified atom stereocenters. The Morgan fingerprint density at radius 2 is 1.67 bits per heavy atom. The largest absolute Gasteiger partial charge is 0.478 e. The number of nitrogens with one attached hydrogen (secondary N) is 2. The lowest BCUT2D eigenvalue weighted by molar-refractivity contribution is -0.349. The molecular weight excluding hydrogens is 362 g/mol. The normalized spacial score (nSPS) is 10.7. The lowest BCUT2D eigenvalue weighted by Crippen LogP contribution is -2.16. The fourth-order valence-corrected chi connectivity index (χ4v) is 3.06. The number of carboxylic acids is 1. The van der Waals surface area contributed by atoms with Gasteiger partial charge in [-0.05, 0) is 48.5 Å². The summed E-state index contributed by atoms with van der Waals surface area (Å²) in [7, 11) is 0. The summed E-state index contributed by atoms with van der Waals surface area (Å²) in [6.07, 6.45) is 0. The minimum absolute atomic E-state index is 0.237. The first-order valence-corrected chi connectivity index (χ1v) is 8.67. The first kappa shape index (κ1) is 17.0. The second kappa shape index (κ2) is 7.05. The average Bonchev–Trinajstić information content (AvgIpc) is 2.68. The van der Waals surface area contributed by atoms with Gasteiger partial charge >= 0.3 is 5.97 Å². The van der Waals surface area contributed by atoms with Crippen LogP contribution < -0.4 is 10.3 Å². The molecule has 0 saturated heterocycles. The molecule has 27 heavy (non-hydrogen) atoms. The number of nitrogens with zero attached hydrogens (tertiary/aromatic N) is 1. The molecule has 3 aromatic carbocycles. The molecule has 6 heteroatoms. The van der Waals surface area contributed by atoms with Gasteiger partial charge in [-0.25, -0.2) is 9.78 Å². The zero-order valence-corrected chi connectivity index (χ0v) is 14.9. The topological polar surface area (TPSA) is 76.4 Å². The number of halogens is 1. The van der Waals surface area contributed by atoms with Gasteiger partial charge in [0.05, 0.1) is 27.2 Å². The Morgan fingerprint density at radius 1 is 0.963 bits per heavy atom. The van der Waals surface area contributed by atoms with Crippen LogP contribution in [0.1, 0.15) is 10.4 Å². The van der Waals surface area contributed by atoms with Gasteiger partial charge in [0.25, 0.3) is 5.82 Å². The number of hydrogen-bond donors (Lipinski definition) is 2. The lowest BCUT2D eigenvalue weighted by Gasteiger charge is -2.07. The molecule has 132 valence electrons. The Bertz CT molecular complexity index is 1140. The third-order valence-electron chi connectivity index (χ3n) is 4.18. The standard InChI is InChI=1S/C21H14ClN3O2/c22-17-7-3-1-5-15(17)19-24-18-8-4-2-6-16(18)20(25-19)23-14-11-9-13(10-12-14)21(26)27/h1-12H,(H,26,27)(H,23,24,25)/p+1. The predicted octanol–water partition coefficient (Wildman–Crippen LogP) is 4.81. The quantitative estimate of drug-likeness (QED) is 0.535. The van der Waals surface area contributed by atoms with Gasteiger partial charge in [0.2, 0.25) is 5.82 Å². The summed E-state index contributed by atoms with van der Waals surface area (Å²) in [5.74, 6) is 0.436. The van der Waals surface area contributed by atoms with Crippen molar-refractivity contribution in [3.63, 3.8) is 0 Å². The van der Waals surface area contributed by atoms with Gasteiger partial charge in [-0.1, -0.05) is 35.9 Å². The van der Waals surface area contributed by atoms with E-state index in [1.54, 1.807) is 24.3 Å². The first-order chi connectivity index (χ1) is 13.1. The number of aromatic nitrogens is 2. The molecule has 4 rings (SSSR count). The molecule has 4 aromatic rings. The van der Waals surface area contributed by atoms with Gasteiger partial charge in [-0.2, -0.15) is 0 Å². The zero-order valence-electron chi connectivity index (χ0n) is 14.1. The molecule has 0 aliphatic heterocycles. The fraction of sp³-hybridized carbons (Fsp3) is 0. The third kappa shape index (κ3) is 3.45. The van der Waals surface area contributed by atoms with E-state index in [4.69, 9.17) is 16.7 Å². The maximum Gasteiger partial charge on any atom is 0.335 e. The maximum atomic E-state index is 11.0. The third-order valence-corrected chi connectivity index (χ3v) is 4.51. The van der Waals surface area contributed by atoms with Crippen LogP contribution in [-0.4, -0.2) is 16.1 Å². The van der Waals surface area contributed by atoms with Crippen molar-refractivity contribution >= 4 is 40.0 Å². The molecule has 0 radical (unpaired) electrons. The van der Waals surface area contributed by atoms with Crippen LogP contribution in [0.25, 0.3) is 22.3 Å². The summed E-state index contributed by atoms with van der Waals surface area (Å²) in [4.78, 5) is 19.0. The average molecular weight is 377 g/mol. The van der Waals surface area contributed by atoms with Gasteiger partial charge in [0, 0.05) is 0 Å². The molecule has 3 N–H and O–H groups in total. The van der Waals surface area contributed by atoms with Gasteiger partial charge in [-0.15, -0.1) is 4.98 Å². The number of hydrogen-bond acceptors (Lipinski definition) is 3. The minimum Gasteiger partial charge on any atom is -0.478 e. The number of para-hydroxylation sites is 1. The number of rotatable bonds is 4. The van der Waals surface area contributed by atoms with Crippen LogP contribution in [0.4, 0.5) is 11.5 Å². The number of benzene rings is 3. The van der Waals surface area contributed by atoms with Crippen molar-refractivity contribution in [1.29, 1.82) is 0 Å². The predicted molar refractivity (Wildman–Crippen MR) is 105 cm³/mol. The molecule has 0 aliphatic carbocycles. The van der Waals surface area contributed by atoms with Gasteiger partial charge in [-0.3, -0.25) is 5.32 Å². The SMILES string of the molecule is O=C(O)c1ccc(Nc2[nH+]c(-c3ccccc3Cl)nc3ccccc23)cc1. The summed E-state index contributed by atoms with van der Waals surface area (Å²) < 4.78 is 0. The Labute approximate surface area is 160 Å². The van der Waals surface area contributed by atoms with Crippen LogP contribution in [0, 0.1) is 0 Å². The van der Waals surface area contributed by atoms with E-state index >= 15 is 0 Å². The molecule has 0 amide bonds. The van der Waals surface area contributed by atoms with Crippen molar-refractivity contribution in [3.8, 4) is 11.4 Å². The van der Waals surface area contributed by atoms with E-state index in [-0.39, 0.29) is 5.56 Å². The molecule has 5 nitrogen and oxygen atoms in total. The highest BCUT2D eigenvalue weighted by atomic mass is 35.5. The van der Waals surface area contributed by atoms with E-state index in [2.05, 4.69) is 15.3 Å². The molecule has 0 saturated carbocycles. The van der Waals surface area contributed by atoms with Gasteiger partial charge < -0.3 is 5.11 Å². The van der Waals surface area contributed by atoms with E-state index in [0.717, 1.165) is 28.0 Å². The number of H-pyrrole nitrogens is 1. The zero-order chi connectivity index (χ0) is 18.8. The Hall–Kier alpha value is -3.44. The molecule has 1 aromatic heterocycles. The summed E-state index contributed by atoms with van der Waals surface area (Å²) in [6, 6.07) is 21.8. The molecule has 0 atom stereocenters. The maximum absolute atomic E-state index is 11.0. The number of fused-ring (bicyclic) bond motifs is 1. The number of aromatic carboxylic acids is 1. The Morgan fingerprint density at radius 3 is 2.41 bits per heavy atom. The van der Waals surface area contributed by atoms with E-state index in [1.165, 1.54) is 0 Å². The number of carbonyl (C=O) groups is 1. The van der Waals surface area contributed by atoms with Crippen molar-refractivity contribution in [2.24, 2.45) is 0 Å². The highest BCUT2D eigenvalue weighted by Crippen LogP contribution is 2.27. The van der Waals surface area contributed by atoms with Crippen molar-refractivity contribution in [2.75, 3.05) is 5.32 Å². The van der Waals surface area contributed by atoms with Crippen molar-refractivity contribution in [3.05, 3.63) is 83.4 Å². The van der Waals surface area contributed by atoms with Crippen LogP contribution in [0.5, 0.6) is 0 Å². The highest BCUT2D eigenvalue weighted by molar-refractivity contribution is 6.33. The fourth-order valence-electron chi connectivity index (χ4n) is 2.84. The highest BCUT2D eigenvalue weighted by Gasteiger charge is 2.17. The first-order valence-electron chi connectivity index (χ1n) is 8.29. The molecule has 0 spiro atoms. The second-order valence-corrected chi connectivity index (χ2v) is 6.37. The summed E-state index contributed by atoms with van der Waals surface area (Å²) >= 11 is 6.33. The van der Waals surface area contributed by atoms with Crippen LogP contribution >= 0.6 is 11.6 Å². The Kier molecular flexibility index (Phi) is 4.44.